The van der Waals surface area contributed by atoms with Crippen LogP contribution in [0.2, 0.25) is 5.02 Å². The number of nitrogens with one attached hydrogen (secondary N) is 1. The van der Waals surface area contributed by atoms with Crippen molar-refractivity contribution in [2.45, 2.75) is 24.7 Å². The molecule has 0 aromatic heterocycles. The molecule has 1 heterocycles. The van der Waals surface area contributed by atoms with Crippen LogP contribution in [0.15, 0.2) is 24.3 Å². The highest BCUT2D eigenvalue weighted by Crippen LogP contribution is 2.35. The van der Waals surface area contributed by atoms with E-state index in [2.05, 4.69) is 5.32 Å². The van der Waals surface area contributed by atoms with Gasteiger partial charge in [-0.05, 0) is 30.5 Å². The normalized spacial score (nSPS) is 24.5. The minimum Gasteiger partial charge on any atom is -0.396 e. The van der Waals surface area contributed by atoms with E-state index in [1.807, 2.05) is 24.3 Å². The molecule has 1 saturated heterocycles. The van der Waals surface area contributed by atoms with Crippen LogP contribution in [0.3, 0.4) is 0 Å². The predicted octanol–water partition coefficient (Wildman–Crippen LogP) is 1.87. The fraction of sp³-hybridized carbons (Fsp3) is 0.462. The van der Waals surface area contributed by atoms with Crippen molar-refractivity contribution in [2.24, 2.45) is 0 Å². The lowest BCUT2D eigenvalue weighted by atomic mass is 9.72. The van der Waals surface area contributed by atoms with Crippen LogP contribution in [-0.4, -0.2) is 24.2 Å². The van der Waals surface area contributed by atoms with Crippen molar-refractivity contribution in [2.75, 3.05) is 13.2 Å². The van der Waals surface area contributed by atoms with Gasteiger partial charge in [0.1, 0.15) is 0 Å². The van der Waals surface area contributed by atoms with Crippen molar-refractivity contribution in [3.63, 3.8) is 0 Å². The van der Waals surface area contributed by atoms with Crippen LogP contribution >= 0.6 is 11.6 Å². The van der Waals surface area contributed by atoms with Crippen LogP contribution in [0.5, 0.6) is 0 Å². The van der Waals surface area contributed by atoms with E-state index in [1.54, 1.807) is 0 Å². The molecule has 0 aliphatic carbocycles. The third kappa shape index (κ3) is 2.61. The van der Waals surface area contributed by atoms with Gasteiger partial charge < -0.3 is 10.4 Å². The molecule has 1 aromatic rings. The van der Waals surface area contributed by atoms with Crippen LogP contribution in [0.4, 0.5) is 0 Å². The number of hydrogen-bond acceptors (Lipinski definition) is 2. The molecule has 3 nitrogen and oxygen atoms in total. The summed E-state index contributed by atoms with van der Waals surface area (Å²) in [6.45, 7) is 0.715. The van der Waals surface area contributed by atoms with Gasteiger partial charge in [-0.15, -0.1) is 0 Å². The number of hydrogen-bond donors (Lipinski definition) is 2. The Bertz CT molecular complexity index is 392. The first kappa shape index (κ1) is 12.4. The van der Waals surface area contributed by atoms with Crippen LogP contribution in [0.1, 0.15) is 24.8 Å². The van der Waals surface area contributed by atoms with Crippen LogP contribution in [-0.2, 0) is 10.2 Å². The third-order valence-corrected chi connectivity index (χ3v) is 3.75. The Labute approximate surface area is 106 Å². The lowest BCUT2D eigenvalue weighted by Gasteiger charge is -2.37. The lowest BCUT2D eigenvalue weighted by molar-refractivity contribution is -0.123. The number of aliphatic hydroxyl groups excluding tert-OH is 1. The van der Waals surface area contributed by atoms with Gasteiger partial charge in [0.25, 0.3) is 0 Å². The second-order valence-electron chi connectivity index (χ2n) is 4.54. The topological polar surface area (TPSA) is 49.3 Å². The summed E-state index contributed by atoms with van der Waals surface area (Å²) in [7, 11) is 0. The minimum absolute atomic E-state index is 0.0903. The summed E-state index contributed by atoms with van der Waals surface area (Å²) in [6.07, 6.45) is 1.96. The summed E-state index contributed by atoms with van der Waals surface area (Å²) >= 11 is 5.88. The first-order valence-corrected chi connectivity index (χ1v) is 6.18. The zero-order valence-corrected chi connectivity index (χ0v) is 10.3. The maximum Gasteiger partial charge on any atom is 0.220 e. The number of aliphatic hydroxyl groups is 1. The Morgan fingerprint density at radius 1 is 1.35 bits per heavy atom. The lowest BCUT2D eigenvalue weighted by Crippen LogP contribution is -2.46. The molecule has 1 atom stereocenters. The molecule has 0 bridgehead atoms. The summed E-state index contributed by atoms with van der Waals surface area (Å²) in [5.74, 6) is 0.0903. The quantitative estimate of drug-likeness (QED) is 0.864. The van der Waals surface area contributed by atoms with Crippen molar-refractivity contribution in [3.8, 4) is 0 Å². The first-order valence-electron chi connectivity index (χ1n) is 5.80. The highest BCUT2D eigenvalue weighted by Gasteiger charge is 2.35. The number of halogens is 1. The van der Waals surface area contributed by atoms with Gasteiger partial charge in [0.2, 0.25) is 5.91 Å². The molecule has 1 aliphatic rings. The molecular weight excluding hydrogens is 238 g/mol. The molecule has 2 N–H and O–H groups in total. The second kappa shape index (κ2) is 5.07. The van der Waals surface area contributed by atoms with Gasteiger partial charge in [0, 0.05) is 30.0 Å². The maximum absolute atomic E-state index is 11.2. The highest BCUT2D eigenvalue weighted by atomic mass is 35.5. The van der Waals surface area contributed by atoms with Crippen molar-refractivity contribution < 1.29 is 9.90 Å². The molecule has 17 heavy (non-hydrogen) atoms. The molecule has 2 rings (SSSR count). The molecule has 0 spiro atoms. The fourth-order valence-corrected chi connectivity index (χ4v) is 2.54. The zero-order valence-electron chi connectivity index (χ0n) is 9.58. The van der Waals surface area contributed by atoms with E-state index in [0.29, 0.717) is 24.4 Å². The predicted molar refractivity (Wildman–Crippen MR) is 67.1 cm³/mol. The Morgan fingerprint density at radius 2 is 2.06 bits per heavy atom. The minimum atomic E-state index is -0.146. The number of benzene rings is 1. The third-order valence-electron chi connectivity index (χ3n) is 3.50. The molecule has 4 heteroatoms. The molecule has 0 saturated carbocycles. The summed E-state index contributed by atoms with van der Waals surface area (Å²) in [5.41, 5.74) is 0.990. The van der Waals surface area contributed by atoms with E-state index in [4.69, 9.17) is 11.6 Å². The van der Waals surface area contributed by atoms with E-state index in [-0.39, 0.29) is 17.9 Å². The maximum atomic E-state index is 11.2. The van der Waals surface area contributed by atoms with Gasteiger partial charge in [-0.2, -0.15) is 0 Å². The van der Waals surface area contributed by atoms with Crippen molar-refractivity contribution >= 4 is 17.5 Å². The Morgan fingerprint density at radius 3 is 2.59 bits per heavy atom. The largest absolute Gasteiger partial charge is 0.396 e. The summed E-state index contributed by atoms with van der Waals surface area (Å²) < 4.78 is 0. The molecule has 92 valence electrons. The van der Waals surface area contributed by atoms with Crippen molar-refractivity contribution in [1.82, 2.24) is 5.32 Å². The smallest absolute Gasteiger partial charge is 0.220 e. The molecule has 1 fully saturated rings. The van der Waals surface area contributed by atoms with Gasteiger partial charge in [0.05, 0.1) is 0 Å². The van der Waals surface area contributed by atoms with E-state index >= 15 is 0 Å². The molecule has 1 unspecified atom stereocenters. The number of amides is 1. The fourth-order valence-electron chi connectivity index (χ4n) is 2.42. The highest BCUT2D eigenvalue weighted by molar-refractivity contribution is 6.30. The molecule has 1 aliphatic heterocycles. The van der Waals surface area contributed by atoms with Crippen molar-refractivity contribution in [3.05, 3.63) is 34.9 Å². The standard InChI is InChI=1S/C13H16ClNO2/c14-11-3-1-10(2-4-11)13(7-8-16)6-5-12(17)15-9-13/h1-4,16H,5-9H2,(H,15,17). The summed E-state index contributed by atoms with van der Waals surface area (Å²) in [4.78, 5) is 11.2. The number of carbonyl (C=O) groups excluding carboxylic acids is 1. The van der Waals surface area contributed by atoms with E-state index in [1.165, 1.54) is 0 Å². The van der Waals surface area contributed by atoms with Gasteiger partial charge in [-0.1, -0.05) is 23.7 Å². The molecular formula is C13H16ClNO2. The molecule has 1 aromatic carbocycles. The van der Waals surface area contributed by atoms with Gasteiger partial charge in [0.15, 0.2) is 0 Å². The van der Waals surface area contributed by atoms with Gasteiger partial charge >= 0.3 is 0 Å². The first-order chi connectivity index (χ1) is 8.16. The average Bonchev–Trinajstić information content (AvgIpc) is 2.34. The number of carbonyl (C=O) groups is 1. The average molecular weight is 254 g/mol. The second-order valence-corrected chi connectivity index (χ2v) is 4.97. The summed E-state index contributed by atoms with van der Waals surface area (Å²) in [5, 5.41) is 12.8. The van der Waals surface area contributed by atoms with Gasteiger partial charge in [-0.25, -0.2) is 0 Å². The molecule has 1 amide bonds. The SMILES string of the molecule is O=C1CCC(CCO)(c2ccc(Cl)cc2)CN1. The van der Waals surface area contributed by atoms with Crippen LogP contribution in [0, 0.1) is 0 Å². The van der Waals surface area contributed by atoms with Crippen LogP contribution < -0.4 is 5.32 Å². The Kier molecular flexibility index (Phi) is 3.69. The van der Waals surface area contributed by atoms with E-state index < -0.39 is 0 Å². The summed E-state index contributed by atoms with van der Waals surface area (Å²) in [6, 6.07) is 7.67. The molecule has 0 radical (unpaired) electrons. The van der Waals surface area contributed by atoms with E-state index in [0.717, 1.165) is 12.0 Å². The zero-order chi connectivity index (χ0) is 12.3. The Hall–Kier alpha value is -1.06. The Balaban J connectivity index is 2.27. The van der Waals surface area contributed by atoms with Crippen LogP contribution in [0.25, 0.3) is 0 Å². The van der Waals surface area contributed by atoms with Gasteiger partial charge in [-0.3, -0.25) is 4.79 Å². The number of piperidine rings is 1. The van der Waals surface area contributed by atoms with E-state index in [9.17, 15) is 9.90 Å². The van der Waals surface area contributed by atoms with Crippen molar-refractivity contribution in [1.29, 1.82) is 0 Å². The monoisotopic (exact) mass is 253 g/mol. The number of rotatable bonds is 3.